The van der Waals surface area contributed by atoms with Crippen LogP contribution in [0.5, 0.6) is 0 Å². The highest BCUT2D eigenvalue weighted by molar-refractivity contribution is 7.19. The molecular formula is C17H23ClN2S. The zero-order chi connectivity index (χ0) is 14.7. The van der Waals surface area contributed by atoms with E-state index >= 15 is 0 Å². The van der Waals surface area contributed by atoms with Crippen molar-refractivity contribution < 1.29 is 0 Å². The Morgan fingerprint density at radius 1 is 1.38 bits per heavy atom. The summed E-state index contributed by atoms with van der Waals surface area (Å²) < 4.78 is 1.30. The highest BCUT2D eigenvalue weighted by Gasteiger charge is 2.19. The van der Waals surface area contributed by atoms with Crippen molar-refractivity contribution in [3.8, 4) is 0 Å². The Balaban J connectivity index is 1.75. The largest absolute Gasteiger partial charge is 0.313 e. The molecule has 0 bridgehead atoms. The summed E-state index contributed by atoms with van der Waals surface area (Å²) in [5.41, 5.74) is 0. The van der Waals surface area contributed by atoms with Crippen LogP contribution in [0.4, 0.5) is 0 Å². The van der Waals surface area contributed by atoms with Crippen molar-refractivity contribution >= 4 is 33.0 Å². The molecule has 1 aliphatic rings. The highest BCUT2D eigenvalue weighted by Crippen LogP contribution is 2.36. The average Bonchev–Trinajstić information content (AvgIpc) is 3.09. The van der Waals surface area contributed by atoms with Crippen LogP contribution < -0.4 is 5.32 Å². The molecular weight excluding hydrogens is 300 g/mol. The summed E-state index contributed by atoms with van der Waals surface area (Å²) in [4.78, 5) is 3.86. The van der Waals surface area contributed by atoms with Crippen molar-refractivity contribution in [1.29, 1.82) is 0 Å². The number of rotatable bonds is 6. The number of nitrogens with one attached hydrogen (secondary N) is 1. The van der Waals surface area contributed by atoms with Crippen LogP contribution in [0.2, 0.25) is 5.02 Å². The Hall–Kier alpha value is -0.610. The van der Waals surface area contributed by atoms with Crippen molar-refractivity contribution in [2.24, 2.45) is 0 Å². The van der Waals surface area contributed by atoms with Crippen LogP contribution in [-0.4, -0.2) is 30.6 Å². The van der Waals surface area contributed by atoms with Gasteiger partial charge in [0, 0.05) is 34.1 Å². The van der Waals surface area contributed by atoms with Crippen LogP contribution in [0.25, 0.3) is 10.1 Å². The van der Waals surface area contributed by atoms with Gasteiger partial charge in [0.15, 0.2) is 0 Å². The summed E-state index contributed by atoms with van der Waals surface area (Å²) in [6, 6.07) is 9.10. The van der Waals surface area contributed by atoms with E-state index in [1.807, 2.05) is 11.3 Å². The minimum atomic E-state index is 0.657. The van der Waals surface area contributed by atoms with Crippen LogP contribution in [0, 0.1) is 0 Å². The number of hydrogen-bond donors (Lipinski definition) is 1. The summed E-state index contributed by atoms with van der Waals surface area (Å²) in [6.07, 6.45) is 3.81. The summed E-state index contributed by atoms with van der Waals surface area (Å²) in [5.74, 6) is 0. The van der Waals surface area contributed by atoms with Gasteiger partial charge in [-0.05, 0) is 38.4 Å². The summed E-state index contributed by atoms with van der Waals surface area (Å²) in [5, 5.41) is 5.76. The third-order valence-corrected chi connectivity index (χ3v) is 5.85. The molecule has 1 atom stereocenters. The average molecular weight is 323 g/mol. The van der Waals surface area contributed by atoms with Crippen molar-refractivity contribution in [3.05, 3.63) is 34.2 Å². The zero-order valence-corrected chi connectivity index (χ0v) is 14.1. The maximum Gasteiger partial charge on any atom is 0.0637 e. The van der Waals surface area contributed by atoms with E-state index in [2.05, 4.69) is 41.4 Å². The van der Waals surface area contributed by atoms with E-state index in [0.717, 1.165) is 24.7 Å². The molecule has 1 aromatic heterocycles. The molecule has 1 saturated heterocycles. The minimum absolute atomic E-state index is 0.657. The first kappa shape index (κ1) is 15.3. The second-order valence-corrected chi connectivity index (χ2v) is 7.38. The molecule has 3 rings (SSSR count). The predicted octanol–water partition coefficient (Wildman–Crippen LogP) is 4.52. The molecule has 4 heteroatoms. The molecule has 1 N–H and O–H groups in total. The maximum absolute atomic E-state index is 6.59. The molecule has 0 saturated carbocycles. The van der Waals surface area contributed by atoms with E-state index in [-0.39, 0.29) is 0 Å². The normalized spacial score (nSPS) is 18.9. The van der Waals surface area contributed by atoms with Crippen molar-refractivity contribution in [1.82, 2.24) is 10.2 Å². The molecule has 114 valence electrons. The Labute approximate surface area is 136 Å². The van der Waals surface area contributed by atoms with Gasteiger partial charge in [0.05, 0.1) is 5.02 Å². The zero-order valence-electron chi connectivity index (χ0n) is 12.6. The van der Waals surface area contributed by atoms with E-state index in [1.54, 1.807) is 0 Å². The summed E-state index contributed by atoms with van der Waals surface area (Å²) in [6.45, 7) is 6.68. The molecule has 2 nitrogen and oxygen atoms in total. The van der Waals surface area contributed by atoms with Gasteiger partial charge in [-0.15, -0.1) is 11.3 Å². The number of hydrogen-bond acceptors (Lipinski definition) is 3. The Bertz CT molecular complexity index is 589. The van der Waals surface area contributed by atoms with Gasteiger partial charge < -0.3 is 5.32 Å². The smallest absolute Gasteiger partial charge is 0.0637 e. The SMILES string of the molecule is CCCN(Cc1sc2ccccc2c1Cl)CC1CCCN1. The van der Waals surface area contributed by atoms with Gasteiger partial charge in [-0.2, -0.15) is 0 Å². The standard InChI is InChI=1S/C17H23ClN2S/c1-2-10-20(11-13-6-5-9-19-13)12-16-17(18)14-7-3-4-8-15(14)21-16/h3-4,7-8,13,19H,2,5-6,9-12H2,1H3. The number of benzene rings is 1. The molecule has 1 fully saturated rings. The lowest BCUT2D eigenvalue weighted by Gasteiger charge is -2.24. The molecule has 0 aliphatic carbocycles. The van der Waals surface area contributed by atoms with Crippen LogP contribution >= 0.6 is 22.9 Å². The van der Waals surface area contributed by atoms with E-state index in [0.29, 0.717) is 6.04 Å². The van der Waals surface area contributed by atoms with E-state index < -0.39 is 0 Å². The van der Waals surface area contributed by atoms with Gasteiger partial charge >= 0.3 is 0 Å². The molecule has 1 aromatic carbocycles. The number of halogens is 1. The summed E-state index contributed by atoms with van der Waals surface area (Å²) >= 11 is 8.43. The first-order valence-corrected chi connectivity index (χ1v) is 9.09. The molecule has 0 radical (unpaired) electrons. The fraction of sp³-hybridized carbons (Fsp3) is 0.529. The lowest BCUT2D eigenvalue weighted by molar-refractivity contribution is 0.243. The van der Waals surface area contributed by atoms with E-state index in [4.69, 9.17) is 11.6 Å². The molecule has 0 spiro atoms. The first-order chi connectivity index (χ1) is 10.3. The van der Waals surface area contributed by atoms with Crippen LogP contribution in [0.1, 0.15) is 31.1 Å². The number of thiophene rings is 1. The minimum Gasteiger partial charge on any atom is -0.313 e. The van der Waals surface area contributed by atoms with Crippen molar-refractivity contribution in [3.63, 3.8) is 0 Å². The Morgan fingerprint density at radius 3 is 2.95 bits per heavy atom. The summed E-state index contributed by atoms with van der Waals surface area (Å²) in [7, 11) is 0. The topological polar surface area (TPSA) is 15.3 Å². The first-order valence-electron chi connectivity index (χ1n) is 7.89. The lowest BCUT2D eigenvalue weighted by Crippen LogP contribution is -2.37. The third kappa shape index (κ3) is 3.59. The van der Waals surface area contributed by atoms with Crippen molar-refractivity contribution in [2.75, 3.05) is 19.6 Å². The van der Waals surface area contributed by atoms with Crippen LogP contribution in [0.15, 0.2) is 24.3 Å². The Morgan fingerprint density at radius 2 is 2.24 bits per heavy atom. The van der Waals surface area contributed by atoms with Crippen LogP contribution in [-0.2, 0) is 6.54 Å². The quantitative estimate of drug-likeness (QED) is 0.841. The van der Waals surface area contributed by atoms with Crippen molar-refractivity contribution in [2.45, 2.75) is 38.8 Å². The number of nitrogens with zero attached hydrogens (tertiary/aromatic N) is 1. The van der Waals surface area contributed by atoms with Gasteiger partial charge in [-0.1, -0.05) is 36.7 Å². The fourth-order valence-corrected chi connectivity index (χ4v) is 4.68. The second kappa shape index (κ2) is 7.10. The second-order valence-electron chi connectivity index (χ2n) is 5.86. The lowest BCUT2D eigenvalue weighted by atomic mass is 10.2. The van der Waals surface area contributed by atoms with Gasteiger partial charge in [0.1, 0.15) is 0 Å². The van der Waals surface area contributed by atoms with E-state index in [9.17, 15) is 0 Å². The van der Waals surface area contributed by atoms with Gasteiger partial charge in [0.2, 0.25) is 0 Å². The van der Waals surface area contributed by atoms with Gasteiger partial charge in [-0.25, -0.2) is 0 Å². The fourth-order valence-electron chi connectivity index (χ4n) is 3.14. The highest BCUT2D eigenvalue weighted by atomic mass is 35.5. The molecule has 1 unspecified atom stereocenters. The molecule has 2 aromatic rings. The van der Waals surface area contributed by atoms with Gasteiger partial charge in [0.25, 0.3) is 0 Å². The molecule has 21 heavy (non-hydrogen) atoms. The third-order valence-electron chi connectivity index (χ3n) is 4.15. The van der Waals surface area contributed by atoms with Gasteiger partial charge in [-0.3, -0.25) is 4.90 Å². The maximum atomic E-state index is 6.59. The molecule has 1 aliphatic heterocycles. The van der Waals surface area contributed by atoms with E-state index in [1.165, 1.54) is 40.8 Å². The van der Waals surface area contributed by atoms with Crippen LogP contribution in [0.3, 0.4) is 0 Å². The number of fused-ring (bicyclic) bond motifs is 1. The Kier molecular flexibility index (Phi) is 5.17. The monoisotopic (exact) mass is 322 g/mol. The predicted molar refractivity (Wildman–Crippen MR) is 93.4 cm³/mol. The molecule has 0 amide bonds. The molecule has 2 heterocycles.